The van der Waals surface area contributed by atoms with E-state index >= 15 is 0 Å². The van der Waals surface area contributed by atoms with Gasteiger partial charge in [-0.05, 0) is 25.0 Å². The van der Waals surface area contributed by atoms with Crippen LogP contribution >= 0.6 is 0 Å². The molecule has 0 spiro atoms. The SMILES string of the molecule is Cc1cccc(CNC(=O)c2cncc(N(C)C3CCS(=O)(=O)C3)c2)c1. The van der Waals surface area contributed by atoms with E-state index in [4.69, 9.17) is 0 Å². The van der Waals surface area contributed by atoms with Crippen LogP contribution in [-0.4, -0.2) is 43.9 Å². The number of aromatic nitrogens is 1. The van der Waals surface area contributed by atoms with Crippen LogP contribution in [0.1, 0.15) is 27.9 Å². The van der Waals surface area contributed by atoms with Gasteiger partial charge in [0.15, 0.2) is 9.84 Å². The van der Waals surface area contributed by atoms with Crippen LogP contribution in [0.2, 0.25) is 0 Å². The largest absolute Gasteiger partial charge is 0.369 e. The Labute approximate surface area is 154 Å². The number of benzene rings is 1. The third-order valence-electron chi connectivity index (χ3n) is 4.68. The monoisotopic (exact) mass is 373 g/mol. The Hall–Kier alpha value is -2.41. The number of anilines is 1. The van der Waals surface area contributed by atoms with Gasteiger partial charge in [-0.15, -0.1) is 0 Å². The lowest BCUT2D eigenvalue weighted by Gasteiger charge is -2.25. The first-order chi connectivity index (χ1) is 12.3. The van der Waals surface area contributed by atoms with E-state index in [1.165, 1.54) is 6.20 Å². The number of aryl methyl sites for hydroxylation is 1. The van der Waals surface area contributed by atoms with Crippen molar-refractivity contribution in [3.05, 3.63) is 59.4 Å². The number of sulfone groups is 1. The maximum Gasteiger partial charge on any atom is 0.253 e. The van der Waals surface area contributed by atoms with Gasteiger partial charge in [0.05, 0.1) is 29.0 Å². The average molecular weight is 373 g/mol. The smallest absolute Gasteiger partial charge is 0.253 e. The summed E-state index contributed by atoms with van der Waals surface area (Å²) in [6.45, 7) is 2.46. The van der Waals surface area contributed by atoms with E-state index in [1.807, 2.05) is 43.1 Å². The van der Waals surface area contributed by atoms with Crippen molar-refractivity contribution < 1.29 is 13.2 Å². The Morgan fingerprint density at radius 2 is 2.12 bits per heavy atom. The van der Waals surface area contributed by atoms with Crippen LogP contribution in [0.4, 0.5) is 5.69 Å². The zero-order valence-electron chi connectivity index (χ0n) is 15.0. The molecule has 0 saturated carbocycles. The first-order valence-corrected chi connectivity index (χ1v) is 10.4. The quantitative estimate of drug-likeness (QED) is 0.866. The molecule has 6 nitrogen and oxygen atoms in total. The fraction of sp³-hybridized carbons (Fsp3) is 0.368. The molecule has 2 heterocycles. The van der Waals surface area contributed by atoms with Gasteiger partial charge in [0.25, 0.3) is 5.91 Å². The number of hydrogen-bond donors (Lipinski definition) is 1. The Kier molecular flexibility index (Phi) is 5.27. The molecular formula is C19H23N3O3S. The number of hydrogen-bond acceptors (Lipinski definition) is 5. The molecule has 1 atom stereocenters. The van der Waals surface area contributed by atoms with E-state index in [0.717, 1.165) is 16.8 Å². The lowest BCUT2D eigenvalue weighted by atomic mass is 10.1. The molecule has 26 heavy (non-hydrogen) atoms. The van der Waals surface area contributed by atoms with Gasteiger partial charge in [-0.1, -0.05) is 29.8 Å². The van der Waals surface area contributed by atoms with Crippen molar-refractivity contribution in [1.29, 1.82) is 0 Å². The normalized spacial score (nSPS) is 18.5. The van der Waals surface area contributed by atoms with E-state index in [2.05, 4.69) is 10.3 Å². The van der Waals surface area contributed by atoms with Gasteiger partial charge in [-0.3, -0.25) is 9.78 Å². The van der Waals surface area contributed by atoms with E-state index in [9.17, 15) is 13.2 Å². The fourth-order valence-electron chi connectivity index (χ4n) is 3.14. The molecule has 1 saturated heterocycles. The second-order valence-corrected chi connectivity index (χ2v) is 9.00. The molecule has 1 amide bonds. The van der Waals surface area contributed by atoms with Crippen molar-refractivity contribution in [2.45, 2.75) is 25.9 Å². The molecule has 1 unspecified atom stereocenters. The van der Waals surface area contributed by atoms with E-state index in [1.54, 1.807) is 12.3 Å². The second-order valence-electron chi connectivity index (χ2n) is 6.77. The summed E-state index contributed by atoms with van der Waals surface area (Å²) in [7, 11) is -1.11. The molecule has 7 heteroatoms. The minimum Gasteiger partial charge on any atom is -0.369 e. The highest BCUT2D eigenvalue weighted by Crippen LogP contribution is 2.23. The number of carbonyl (C=O) groups is 1. The molecular weight excluding hydrogens is 350 g/mol. The maximum atomic E-state index is 12.4. The molecule has 0 bridgehead atoms. The highest BCUT2D eigenvalue weighted by atomic mass is 32.2. The summed E-state index contributed by atoms with van der Waals surface area (Å²) in [5.74, 6) is 0.160. The van der Waals surface area contributed by atoms with Crippen LogP contribution in [0.5, 0.6) is 0 Å². The van der Waals surface area contributed by atoms with Crippen LogP contribution in [0.3, 0.4) is 0 Å². The third-order valence-corrected chi connectivity index (χ3v) is 6.44. The van der Waals surface area contributed by atoms with Crippen LogP contribution in [-0.2, 0) is 16.4 Å². The Bertz CT molecular complexity index is 912. The lowest BCUT2D eigenvalue weighted by molar-refractivity contribution is 0.0950. The molecule has 1 N–H and O–H groups in total. The Morgan fingerprint density at radius 3 is 2.81 bits per heavy atom. The number of rotatable bonds is 5. The Balaban J connectivity index is 1.67. The van der Waals surface area contributed by atoms with Crippen molar-refractivity contribution in [2.75, 3.05) is 23.5 Å². The van der Waals surface area contributed by atoms with Crippen molar-refractivity contribution >= 4 is 21.4 Å². The molecule has 2 aromatic rings. The maximum absolute atomic E-state index is 12.4. The van der Waals surface area contributed by atoms with Gasteiger partial charge in [0.2, 0.25) is 0 Å². The van der Waals surface area contributed by atoms with E-state index in [0.29, 0.717) is 18.5 Å². The molecule has 1 aliphatic heterocycles. The minimum atomic E-state index is -2.96. The highest BCUT2D eigenvalue weighted by molar-refractivity contribution is 7.91. The van der Waals surface area contributed by atoms with Crippen molar-refractivity contribution in [2.24, 2.45) is 0 Å². The summed E-state index contributed by atoms with van der Waals surface area (Å²) in [5, 5.41) is 2.90. The van der Waals surface area contributed by atoms with Crippen molar-refractivity contribution in [3.8, 4) is 0 Å². The van der Waals surface area contributed by atoms with Crippen LogP contribution in [0.25, 0.3) is 0 Å². The van der Waals surface area contributed by atoms with Gasteiger partial charge in [-0.2, -0.15) is 0 Å². The van der Waals surface area contributed by atoms with Gasteiger partial charge in [0.1, 0.15) is 0 Å². The van der Waals surface area contributed by atoms with Crippen LogP contribution < -0.4 is 10.2 Å². The lowest BCUT2D eigenvalue weighted by Crippen LogP contribution is -2.33. The molecule has 0 radical (unpaired) electrons. The number of nitrogens with zero attached hydrogens (tertiary/aromatic N) is 2. The molecule has 1 aliphatic rings. The van der Waals surface area contributed by atoms with Gasteiger partial charge in [-0.25, -0.2) is 8.42 Å². The highest BCUT2D eigenvalue weighted by Gasteiger charge is 2.31. The number of carbonyl (C=O) groups excluding carboxylic acids is 1. The zero-order valence-corrected chi connectivity index (χ0v) is 15.8. The summed E-state index contributed by atoms with van der Waals surface area (Å²) in [5.41, 5.74) is 3.39. The standard InChI is InChI=1S/C19H23N3O3S/c1-14-4-3-5-15(8-14)10-21-19(23)16-9-18(12-20-11-16)22(2)17-6-7-26(24,25)13-17/h3-5,8-9,11-12,17H,6-7,10,13H2,1-2H3,(H,21,23). The summed E-state index contributed by atoms with van der Waals surface area (Å²) in [6, 6.07) is 9.65. The minimum absolute atomic E-state index is 0.0765. The van der Waals surface area contributed by atoms with Gasteiger partial charge in [0, 0.05) is 25.8 Å². The summed E-state index contributed by atoms with van der Waals surface area (Å²) >= 11 is 0. The van der Waals surface area contributed by atoms with E-state index < -0.39 is 9.84 Å². The van der Waals surface area contributed by atoms with Gasteiger partial charge >= 0.3 is 0 Å². The van der Waals surface area contributed by atoms with Gasteiger partial charge < -0.3 is 10.2 Å². The predicted octanol–water partition coefficient (Wildman–Crippen LogP) is 1.94. The number of pyridine rings is 1. The molecule has 3 rings (SSSR count). The van der Waals surface area contributed by atoms with E-state index in [-0.39, 0.29) is 23.5 Å². The van der Waals surface area contributed by atoms with Crippen molar-refractivity contribution in [3.63, 3.8) is 0 Å². The number of nitrogens with one attached hydrogen (secondary N) is 1. The van der Waals surface area contributed by atoms with Crippen molar-refractivity contribution in [1.82, 2.24) is 10.3 Å². The number of amides is 1. The topological polar surface area (TPSA) is 79.4 Å². The summed E-state index contributed by atoms with van der Waals surface area (Å²) in [6.07, 6.45) is 3.78. The molecule has 1 aromatic carbocycles. The zero-order chi connectivity index (χ0) is 18.7. The average Bonchev–Trinajstić information content (AvgIpc) is 2.99. The summed E-state index contributed by atoms with van der Waals surface area (Å²) in [4.78, 5) is 18.5. The first kappa shape index (κ1) is 18.4. The Morgan fingerprint density at radius 1 is 1.31 bits per heavy atom. The fourth-order valence-corrected chi connectivity index (χ4v) is 4.92. The molecule has 1 aromatic heterocycles. The predicted molar refractivity (Wildman–Crippen MR) is 102 cm³/mol. The van der Waals surface area contributed by atoms with Crippen LogP contribution in [0, 0.1) is 6.92 Å². The second kappa shape index (κ2) is 7.45. The summed E-state index contributed by atoms with van der Waals surface area (Å²) < 4.78 is 23.4. The van der Waals surface area contributed by atoms with Crippen LogP contribution in [0.15, 0.2) is 42.7 Å². The third kappa shape index (κ3) is 4.40. The molecule has 1 fully saturated rings. The molecule has 138 valence electrons. The first-order valence-electron chi connectivity index (χ1n) is 8.56. The molecule has 0 aliphatic carbocycles.